The van der Waals surface area contributed by atoms with Crippen molar-refractivity contribution in [2.45, 2.75) is 6.92 Å². The number of nitro groups is 1. The van der Waals surface area contributed by atoms with E-state index in [0.717, 1.165) is 11.6 Å². The first-order valence-electron chi connectivity index (χ1n) is 5.68. The summed E-state index contributed by atoms with van der Waals surface area (Å²) in [4.78, 5) is 20.9. The first kappa shape index (κ1) is 13.5. The van der Waals surface area contributed by atoms with Gasteiger partial charge in [0, 0.05) is 18.3 Å². The van der Waals surface area contributed by atoms with Gasteiger partial charge in [0.25, 0.3) is 5.69 Å². The van der Waals surface area contributed by atoms with Gasteiger partial charge in [-0.05, 0) is 30.7 Å². The lowest BCUT2D eigenvalue weighted by atomic mass is 10.1. The Hall–Kier alpha value is -2.96. The first-order valence-corrected chi connectivity index (χ1v) is 5.68. The Morgan fingerprint density at radius 3 is 2.80 bits per heavy atom. The maximum absolute atomic E-state index is 10.9. The van der Waals surface area contributed by atoms with Gasteiger partial charge in [0.2, 0.25) is 0 Å². The van der Waals surface area contributed by atoms with E-state index in [1.54, 1.807) is 23.1 Å². The highest BCUT2D eigenvalue weighted by Gasteiger charge is 2.13. The molecule has 2 rings (SSSR count). The number of nitrogens with zero attached hydrogens (tertiary/aromatic N) is 3. The van der Waals surface area contributed by atoms with Gasteiger partial charge in [-0.15, -0.1) is 0 Å². The van der Waals surface area contributed by atoms with Crippen LogP contribution in [0, 0.1) is 17.0 Å². The molecule has 0 radical (unpaired) electrons. The maximum atomic E-state index is 10.9. The fourth-order valence-electron chi connectivity index (χ4n) is 1.70. The molecule has 7 nitrogen and oxygen atoms in total. The number of aryl methyl sites for hydroxylation is 1. The molecule has 0 aliphatic rings. The molecule has 1 aromatic heterocycles. The number of carbonyl (C=O) groups is 1. The van der Waals surface area contributed by atoms with Gasteiger partial charge in [-0.3, -0.25) is 10.1 Å². The molecule has 102 valence electrons. The topological polar surface area (TPSA) is 98.3 Å². The summed E-state index contributed by atoms with van der Waals surface area (Å²) in [5.41, 5.74) is 1.62. The minimum Gasteiger partial charge on any atom is -0.478 e. The van der Waals surface area contributed by atoms with Crippen LogP contribution in [-0.4, -0.2) is 25.8 Å². The Morgan fingerprint density at radius 1 is 1.50 bits per heavy atom. The van der Waals surface area contributed by atoms with Crippen molar-refractivity contribution in [1.82, 2.24) is 9.78 Å². The third-order valence-electron chi connectivity index (χ3n) is 2.59. The Kier molecular flexibility index (Phi) is 3.60. The van der Waals surface area contributed by atoms with E-state index in [9.17, 15) is 14.9 Å². The minimum atomic E-state index is -1.17. The van der Waals surface area contributed by atoms with Gasteiger partial charge in [-0.25, -0.2) is 9.48 Å². The SMILES string of the molecule is Cc1cnn(-c2ccc([N+](=O)[O-])c(/C=C/C(=O)O)c2)c1. The molecule has 1 aromatic carbocycles. The second-order valence-corrected chi connectivity index (χ2v) is 4.13. The molecule has 0 amide bonds. The first-order chi connectivity index (χ1) is 9.47. The molecule has 1 N–H and O–H groups in total. The molecular weight excluding hydrogens is 262 g/mol. The van der Waals surface area contributed by atoms with Gasteiger partial charge >= 0.3 is 5.97 Å². The average Bonchev–Trinajstić information content (AvgIpc) is 2.82. The lowest BCUT2D eigenvalue weighted by molar-refractivity contribution is -0.385. The summed E-state index contributed by atoms with van der Waals surface area (Å²) >= 11 is 0. The van der Waals surface area contributed by atoms with Crippen molar-refractivity contribution in [3.63, 3.8) is 0 Å². The van der Waals surface area contributed by atoms with E-state index >= 15 is 0 Å². The molecule has 0 saturated heterocycles. The van der Waals surface area contributed by atoms with Crippen LogP contribution in [0.2, 0.25) is 0 Å². The molecule has 0 unspecified atom stereocenters. The predicted molar refractivity (Wildman–Crippen MR) is 71.6 cm³/mol. The highest BCUT2D eigenvalue weighted by molar-refractivity contribution is 5.86. The highest BCUT2D eigenvalue weighted by Crippen LogP contribution is 2.23. The molecule has 0 saturated carbocycles. The summed E-state index contributed by atoms with van der Waals surface area (Å²) in [7, 11) is 0. The quantitative estimate of drug-likeness (QED) is 0.523. The Morgan fingerprint density at radius 2 is 2.25 bits per heavy atom. The number of nitro benzene ring substituents is 1. The summed E-state index contributed by atoms with van der Waals surface area (Å²) in [5, 5.41) is 23.6. The zero-order valence-electron chi connectivity index (χ0n) is 10.6. The predicted octanol–water partition coefficient (Wildman–Crippen LogP) is 2.19. The number of hydrogen-bond donors (Lipinski definition) is 1. The van der Waals surface area contributed by atoms with E-state index in [1.165, 1.54) is 18.2 Å². The number of aliphatic carboxylic acids is 1. The molecule has 0 atom stereocenters. The van der Waals surface area contributed by atoms with Crippen LogP contribution < -0.4 is 0 Å². The van der Waals surface area contributed by atoms with Gasteiger partial charge in [-0.1, -0.05) is 0 Å². The Balaban J connectivity index is 2.50. The summed E-state index contributed by atoms with van der Waals surface area (Å²) in [5.74, 6) is -1.17. The van der Waals surface area contributed by atoms with Crippen LogP contribution in [-0.2, 0) is 4.79 Å². The zero-order chi connectivity index (χ0) is 14.7. The largest absolute Gasteiger partial charge is 0.478 e. The third-order valence-corrected chi connectivity index (χ3v) is 2.59. The highest BCUT2D eigenvalue weighted by atomic mass is 16.6. The van der Waals surface area contributed by atoms with Crippen molar-refractivity contribution >= 4 is 17.7 Å². The zero-order valence-corrected chi connectivity index (χ0v) is 10.6. The van der Waals surface area contributed by atoms with Crippen molar-refractivity contribution in [3.05, 3.63) is 57.9 Å². The summed E-state index contributed by atoms with van der Waals surface area (Å²) in [6.07, 6.45) is 5.49. The van der Waals surface area contributed by atoms with Gasteiger partial charge < -0.3 is 5.11 Å². The lowest BCUT2D eigenvalue weighted by Crippen LogP contribution is -1.98. The van der Waals surface area contributed by atoms with Crippen LogP contribution in [0.4, 0.5) is 5.69 Å². The fourth-order valence-corrected chi connectivity index (χ4v) is 1.70. The lowest BCUT2D eigenvalue weighted by Gasteiger charge is -2.03. The molecule has 0 bridgehead atoms. The van der Waals surface area contributed by atoms with Crippen molar-refractivity contribution < 1.29 is 14.8 Å². The Bertz CT molecular complexity index is 703. The van der Waals surface area contributed by atoms with Crippen molar-refractivity contribution in [2.75, 3.05) is 0 Å². The monoisotopic (exact) mass is 273 g/mol. The number of benzene rings is 1. The number of hydrogen-bond acceptors (Lipinski definition) is 4. The molecule has 20 heavy (non-hydrogen) atoms. The van der Waals surface area contributed by atoms with Crippen LogP contribution in [0.25, 0.3) is 11.8 Å². The fraction of sp³-hybridized carbons (Fsp3) is 0.0769. The molecule has 1 heterocycles. The second-order valence-electron chi connectivity index (χ2n) is 4.13. The standard InChI is InChI=1S/C13H11N3O4/c1-9-7-14-15(8-9)11-3-4-12(16(19)20)10(6-11)2-5-13(17)18/h2-8H,1H3,(H,17,18)/b5-2+. The molecule has 0 aliphatic heterocycles. The van der Waals surface area contributed by atoms with Crippen molar-refractivity contribution in [3.8, 4) is 5.69 Å². The molecular formula is C13H11N3O4. The van der Waals surface area contributed by atoms with E-state index < -0.39 is 10.9 Å². The van der Waals surface area contributed by atoms with Gasteiger partial charge in [0.15, 0.2) is 0 Å². The maximum Gasteiger partial charge on any atom is 0.328 e. The number of aromatic nitrogens is 2. The molecule has 0 fully saturated rings. The van der Waals surface area contributed by atoms with Crippen LogP contribution in [0.3, 0.4) is 0 Å². The van der Waals surface area contributed by atoms with Crippen LogP contribution in [0.5, 0.6) is 0 Å². The van der Waals surface area contributed by atoms with E-state index in [1.807, 2.05) is 6.92 Å². The molecule has 7 heteroatoms. The van der Waals surface area contributed by atoms with Crippen LogP contribution in [0.1, 0.15) is 11.1 Å². The smallest absolute Gasteiger partial charge is 0.328 e. The van der Waals surface area contributed by atoms with E-state index in [4.69, 9.17) is 5.11 Å². The number of carboxylic acid groups (broad SMARTS) is 1. The van der Waals surface area contributed by atoms with Gasteiger partial charge in [-0.2, -0.15) is 5.10 Å². The Labute approximate surface area is 113 Å². The van der Waals surface area contributed by atoms with Crippen LogP contribution in [0.15, 0.2) is 36.7 Å². The summed E-state index contributed by atoms with van der Waals surface area (Å²) in [6.45, 7) is 1.88. The average molecular weight is 273 g/mol. The van der Waals surface area contributed by atoms with Crippen molar-refractivity contribution in [1.29, 1.82) is 0 Å². The van der Waals surface area contributed by atoms with E-state index in [2.05, 4.69) is 5.10 Å². The minimum absolute atomic E-state index is 0.157. The molecule has 0 spiro atoms. The van der Waals surface area contributed by atoms with Crippen LogP contribution >= 0.6 is 0 Å². The van der Waals surface area contributed by atoms with E-state index in [-0.39, 0.29) is 11.3 Å². The number of rotatable bonds is 4. The molecule has 2 aromatic rings. The second kappa shape index (κ2) is 5.35. The normalized spacial score (nSPS) is 10.8. The van der Waals surface area contributed by atoms with Gasteiger partial charge in [0.1, 0.15) is 0 Å². The van der Waals surface area contributed by atoms with E-state index in [0.29, 0.717) is 5.69 Å². The molecule has 0 aliphatic carbocycles. The van der Waals surface area contributed by atoms with Gasteiger partial charge in [0.05, 0.1) is 22.4 Å². The summed E-state index contributed by atoms with van der Waals surface area (Å²) < 4.78 is 1.57. The summed E-state index contributed by atoms with van der Waals surface area (Å²) in [6, 6.07) is 4.40. The van der Waals surface area contributed by atoms with Crippen molar-refractivity contribution in [2.24, 2.45) is 0 Å². The third kappa shape index (κ3) is 2.89. The number of carboxylic acids is 1.